The predicted octanol–water partition coefficient (Wildman–Crippen LogP) is 4.73. The van der Waals surface area contributed by atoms with Crippen molar-refractivity contribution < 1.29 is 0 Å². The van der Waals surface area contributed by atoms with E-state index in [4.69, 9.17) is 12.2 Å². The molecule has 0 saturated carbocycles. The number of aryl methyl sites for hydroxylation is 1. The molecule has 0 saturated heterocycles. The van der Waals surface area contributed by atoms with Crippen molar-refractivity contribution in [3.05, 3.63) is 44.9 Å². The van der Waals surface area contributed by atoms with Gasteiger partial charge in [-0.15, -0.1) is 0 Å². The molecule has 0 unspecified atom stereocenters. The molecular formula is C13H15BrN2S. The molecule has 0 fully saturated rings. The van der Waals surface area contributed by atoms with Crippen LogP contribution in [0.25, 0.3) is 5.69 Å². The molecule has 1 aromatic heterocycles. The Morgan fingerprint density at radius 1 is 1.35 bits per heavy atom. The van der Waals surface area contributed by atoms with Crippen molar-refractivity contribution >= 4 is 28.1 Å². The zero-order valence-corrected chi connectivity index (χ0v) is 12.5. The highest BCUT2D eigenvalue weighted by molar-refractivity contribution is 9.10. The van der Waals surface area contributed by atoms with Gasteiger partial charge in [0.15, 0.2) is 4.77 Å². The van der Waals surface area contributed by atoms with Gasteiger partial charge < -0.3 is 4.98 Å². The first-order chi connectivity index (χ1) is 8.00. The summed E-state index contributed by atoms with van der Waals surface area (Å²) in [5.41, 5.74) is 3.56. The van der Waals surface area contributed by atoms with Gasteiger partial charge in [0.2, 0.25) is 0 Å². The maximum absolute atomic E-state index is 5.36. The Balaban J connectivity index is 2.68. The molecular weight excluding hydrogens is 296 g/mol. The van der Waals surface area contributed by atoms with E-state index in [2.05, 4.69) is 58.4 Å². The molecule has 0 aliphatic rings. The fraction of sp³-hybridized carbons (Fsp3) is 0.308. The molecule has 0 radical (unpaired) electrons. The van der Waals surface area contributed by atoms with Crippen LogP contribution in [0.3, 0.4) is 0 Å². The van der Waals surface area contributed by atoms with Crippen LogP contribution in [0.15, 0.2) is 28.9 Å². The fourth-order valence-electron chi connectivity index (χ4n) is 1.93. The lowest BCUT2D eigenvalue weighted by molar-refractivity contribution is 0.781. The summed E-state index contributed by atoms with van der Waals surface area (Å²) in [5.74, 6) is 0.436. The SMILES string of the molecule is Cc1cc(Br)ccc1-n1c(C(C)C)c[nH]c1=S. The number of aromatic nitrogens is 2. The molecule has 0 aliphatic carbocycles. The second-order valence-electron chi connectivity index (χ2n) is 4.44. The molecule has 2 aromatic rings. The fourth-order valence-corrected chi connectivity index (χ4v) is 2.66. The van der Waals surface area contributed by atoms with Crippen LogP contribution < -0.4 is 0 Å². The Bertz CT molecular complexity index is 596. The number of imidazole rings is 1. The van der Waals surface area contributed by atoms with Gasteiger partial charge >= 0.3 is 0 Å². The summed E-state index contributed by atoms with van der Waals surface area (Å²) in [5, 5.41) is 0. The van der Waals surface area contributed by atoms with Crippen LogP contribution >= 0.6 is 28.1 Å². The first-order valence-electron chi connectivity index (χ1n) is 5.57. The maximum atomic E-state index is 5.36. The Hall–Kier alpha value is -0.870. The Kier molecular flexibility index (Phi) is 3.54. The van der Waals surface area contributed by atoms with E-state index >= 15 is 0 Å². The standard InChI is InChI=1S/C13H15BrN2S/c1-8(2)12-7-15-13(17)16(12)11-5-4-10(14)6-9(11)3/h4-8H,1-3H3,(H,15,17). The topological polar surface area (TPSA) is 20.7 Å². The number of nitrogens with zero attached hydrogens (tertiary/aromatic N) is 1. The van der Waals surface area contributed by atoms with Crippen molar-refractivity contribution in [1.82, 2.24) is 9.55 Å². The van der Waals surface area contributed by atoms with Gasteiger partial charge in [-0.25, -0.2) is 0 Å². The summed E-state index contributed by atoms with van der Waals surface area (Å²) >= 11 is 8.84. The predicted molar refractivity (Wildman–Crippen MR) is 77.5 cm³/mol. The van der Waals surface area contributed by atoms with Gasteiger partial charge in [0.05, 0.1) is 5.69 Å². The second kappa shape index (κ2) is 4.78. The lowest BCUT2D eigenvalue weighted by atomic mass is 10.1. The monoisotopic (exact) mass is 310 g/mol. The number of halogens is 1. The average Bonchev–Trinajstić information content (AvgIpc) is 2.60. The zero-order chi connectivity index (χ0) is 12.6. The third kappa shape index (κ3) is 2.38. The van der Waals surface area contributed by atoms with Gasteiger partial charge in [0.1, 0.15) is 0 Å². The molecule has 2 rings (SSSR count). The van der Waals surface area contributed by atoms with E-state index in [9.17, 15) is 0 Å². The Morgan fingerprint density at radius 3 is 2.65 bits per heavy atom. The highest BCUT2D eigenvalue weighted by atomic mass is 79.9. The minimum Gasteiger partial charge on any atom is -0.337 e. The maximum Gasteiger partial charge on any atom is 0.182 e. The minimum atomic E-state index is 0.436. The van der Waals surface area contributed by atoms with Crippen molar-refractivity contribution in [2.75, 3.05) is 0 Å². The second-order valence-corrected chi connectivity index (χ2v) is 5.74. The Labute approximate surface area is 115 Å². The van der Waals surface area contributed by atoms with Gasteiger partial charge in [-0.2, -0.15) is 0 Å². The molecule has 90 valence electrons. The first kappa shape index (κ1) is 12.6. The number of rotatable bonds is 2. The molecule has 4 heteroatoms. The summed E-state index contributed by atoms with van der Waals surface area (Å²) in [6.07, 6.45) is 1.99. The third-order valence-corrected chi connectivity index (χ3v) is 3.59. The van der Waals surface area contributed by atoms with Gasteiger partial charge in [-0.1, -0.05) is 29.8 Å². The summed E-state index contributed by atoms with van der Waals surface area (Å²) in [4.78, 5) is 3.12. The highest BCUT2D eigenvalue weighted by Gasteiger charge is 2.11. The first-order valence-corrected chi connectivity index (χ1v) is 6.77. The van der Waals surface area contributed by atoms with Gasteiger partial charge in [-0.05, 0) is 48.8 Å². The molecule has 0 amide bonds. The summed E-state index contributed by atoms with van der Waals surface area (Å²) < 4.78 is 3.95. The van der Waals surface area contributed by atoms with Crippen LogP contribution in [0.4, 0.5) is 0 Å². The molecule has 17 heavy (non-hydrogen) atoms. The number of hydrogen-bond acceptors (Lipinski definition) is 1. The van der Waals surface area contributed by atoms with Crippen molar-refractivity contribution in [2.24, 2.45) is 0 Å². The number of hydrogen-bond donors (Lipinski definition) is 1. The largest absolute Gasteiger partial charge is 0.337 e. The summed E-state index contributed by atoms with van der Waals surface area (Å²) in [6, 6.07) is 6.24. The number of nitrogens with one attached hydrogen (secondary N) is 1. The molecule has 1 heterocycles. The number of aromatic amines is 1. The zero-order valence-electron chi connectivity index (χ0n) is 10.1. The lowest BCUT2D eigenvalue weighted by Gasteiger charge is -2.13. The molecule has 0 atom stereocenters. The third-order valence-electron chi connectivity index (χ3n) is 2.80. The normalized spacial score (nSPS) is 11.1. The van der Waals surface area contributed by atoms with E-state index in [1.165, 1.54) is 11.3 Å². The highest BCUT2D eigenvalue weighted by Crippen LogP contribution is 2.24. The van der Waals surface area contributed by atoms with Gasteiger partial charge in [0, 0.05) is 16.4 Å². The number of H-pyrrole nitrogens is 1. The van der Waals surface area contributed by atoms with E-state index in [0.29, 0.717) is 5.92 Å². The van der Waals surface area contributed by atoms with Crippen molar-refractivity contribution in [1.29, 1.82) is 0 Å². The smallest absolute Gasteiger partial charge is 0.182 e. The molecule has 0 spiro atoms. The van der Waals surface area contributed by atoms with Crippen LogP contribution in [0, 0.1) is 11.7 Å². The van der Waals surface area contributed by atoms with Crippen LogP contribution in [-0.2, 0) is 0 Å². The van der Waals surface area contributed by atoms with E-state index in [1.54, 1.807) is 0 Å². The van der Waals surface area contributed by atoms with Crippen LogP contribution in [0.2, 0.25) is 0 Å². The van der Waals surface area contributed by atoms with Gasteiger partial charge in [-0.3, -0.25) is 4.57 Å². The Morgan fingerprint density at radius 2 is 2.06 bits per heavy atom. The van der Waals surface area contributed by atoms with Crippen molar-refractivity contribution in [3.63, 3.8) is 0 Å². The minimum absolute atomic E-state index is 0.436. The molecule has 0 bridgehead atoms. The van der Waals surface area contributed by atoms with E-state index < -0.39 is 0 Å². The van der Waals surface area contributed by atoms with E-state index in [0.717, 1.165) is 14.9 Å². The van der Waals surface area contributed by atoms with Crippen LogP contribution in [-0.4, -0.2) is 9.55 Å². The van der Waals surface area contributed by atoms with Crippen LogP contribution in [0.5, 0.6) is 0 Å². The summed E-state index contributed by atoms with van der Waals surface area (Å²) in [7, 11) is 0. The van der Waals surface area contributed by atoms with Crippen LogP contribution in [0.1, 0.15) is 31.0 Å². The quantitative estimate of drug-likeness (QED) is 0.795. The van der Waals surface area contributed by atoms with Crippen molar-refractivity contribution in [3.8, 4) is 5.69 Å². The van der Waals surface area contributed by atoms with Gasteiger partial charge in [0.25, 0.3) is 0 Å². The summed E-state index contributed by atoms with van der Waals surface area (Å²) in [6.45, 7) is 6.43. The van der Waals surface area contributed by atoms with E-state index in [-0.39, 0.29) is 0 Å². The molecule has 1 N–H and O–H groups in total. The molecule has 1 aromatic carbocycles. The molecule has 2 nitrogen and oxygen atoms in total. The lowest BCUT2D eigenvalue weighted by Crippen LogP contribution is -2.03. The molecule has 0 aliphatic heterocycles. The van der Waals surface area contributed by atoms with Crippen molar-refractivity contribution in [2.45, 2.75) is 26.7 Å². The average molecular weight is 311 g/mol. The number of benzene rings is 1. The van der Waals surface area contributed by atoms with E-state index in [1.807, 2.05) is 12.3 Å².